The fourth-order valence-electron chi connectivity index (χ4n) is 5.29. The summed E-state index contributed by atoms with van der Waals surface area (Å²) in [6.45, 7) is 0. The number of rotatable bonds is 2. The number of Topliss-reactive ketones (excluding diaryl/α,β-unsaturated/α-hetero) is 2. The minimum Gasteiger partial charge on any atom is -0.349 e. The van der Waals surface area contributed by atoms with Gasteiger partial charge in [-0.05, 0) is 17.7 Å². The molecule has 6 rings (SSSR count). The summed E-state index contributed by atoms with van der Waals surface area (Å²) in [7, 11) is 0. The third-order valence-electron chi connectivity index (χ3n) is 6.66. The number of nitrogens with zero attached hydrogens (tertiary/aromatic N) is 1. The monoisotopic (exact) mass is 423 g/mol. The zero-order valence-electron chi connectivity index (χ0n) is 16.8. The molecule has 32 heavy (non-hydrogen) atoms. The average Bonchev–Trinajstić information content (AvgIpc) is 3.40. The Morgan fingerprint density at radius 1 is 0.656 bits per heavy atom. The molecular weight excluding hydrogens is 406 g/mol. The summed E-state index contributed by atoms with van der Waals surface area (Å²) in [4.78, 5) is 55.6. The van der Waals surface area contributed by atoms with Crippen molar-refractivity contribution in [1.29, 1.82) is 0 Å². The summed E-state index contributed by atoms with van der Waals surface area (Å²) in [5.74, 6) is -4.36. The van der Waals surface area contributed by atoms with Gasteiger partial charge in [0.15, 0.2) is 0 Å². The third kappa shape index (κ3) is 2.22. The zero-order chi connectivity index (χ0) is 22.0. The number of fused-ring (bicyclic) bond motifs is 3. The van der Waals surface area contributed by atoms with E-state index in [9.17, 15) is 19.2 Å². The first-order valence-corrected chi connectivity index (χ1v) is 10.4. The van der Waals surface area contributed by atoms with Crippen LogP contribution in [0.5, 0.6) is 0 Å². The van der Waals surface area contributed by atoms with Crippen LogP contribution in [0.4, 0.5) is 5.69 Å². The van der Waals surface area contributed by atoms with Gasteiger partial charge in [0.1, 0.15) is 0 Å². The molecule has 0 saturated carbocycles. The first-order chi connectivity index (χ1) is 15.6. The van der Waals surface area contributed by atoms with Crippen LogP contribution in [0.3, 0.4) is 0 Å². The first-order valence-electron chi connectivity index (χ1n) is 10.4. The van der Waals surface area contributed by atoms with Gasteiger partial charge in [-0.25, -0.2) is 4.90 Å². The number of carbonyl (C=O) groups is 4. The van der Waals surface area contributed by atoms with Crippen LogP contribution < -0.4 is 4.90 Å². The van der Waals surface area contributed by atoms with Crippen molar-refractivity contribution in [2.45, 2.75) is 11.7 Å². The number of para-hydroxylation sites is 1. The summed E-state index contributed by atoms with van der Waals surface area (Å²) in [5, 5.41) is 0. The molecule has 0 radical (unpaired) electrons. The van der Waals surface area contributed by atoms with Crippen molar-refractivity contribution in [3.8, 4) is 0 Å². The molecule has 6 nitrogen and oxygen atoms in total. The van der Waals surface area contributed by atoms with Crippen molar-refractivity contribution in [1.82, 2.24) is 0 Å². The lowest BCUT2D eigenvalue weighted by Gasteiger charge is -2.27. The minimum atomic E-state index is -2.04. The highest BCUT2D eigenvalue weighted by Gasteiger charge is 2.74. The molecule has 0 unspecified atom stereocenters. The Morgan fingerprint density at radius 3 is 1.78 bits per heavy atom. The van der Waals surface area contributed by atoms with Crippen LogP contribution in [-0.4, -0.2) is 29.0 Å². The van der Waals surface area contributed by atoms with Gasteiger partial charge in [-0.2, -0.15) is 0 Å². The van der Waals surface area contributed by atoms with E-state index >= 15 is 0 Å². The number of hydrogen-bond donors (Lipinski definition) is 0. The maximum Gasteiger partial charge on any atom is 0.241 e. The Hall–Kier alpha value is -3.90. The van der Waals surface area contributed by atoms with Crippen LogP contribution in [0.1, 0.15) is 32.4 Å². The maximum absolute atomic E-state index is 13.7. The van der Waals surface area contributed by atoms with Gasteiger partial charge in [0.05, 0.1) is 23.6 Å². The summed E-state index contributed by atoms with van der Waals surface area (Å²) in [6.07, 6.45) is -0.895. The van der Waals surface area contributed by atoms with E-state index in [-0.39, 0.29) is 11.1 Å². The van der Waals surface area contributed by atoms with Gasteiger partial charge in [0.25, 0.3) is 0 Å². The van der Waals surface area contributed by atoms with Crippen LogP contribution in [0.2, 0.25) is 0 Å². The van der Waals surface area contributed by atoms with Gasteiger partial charge in [-0.15, -0.1) is 0 Å². The van der Waals surface area contributed by atoms with Crippen molar-refractivity contribution in [2.75, 3.05) is 4.90 Å². The van der Waals surface area contributed by atoms with E-state index < -0.39 is 46.9 Å². The number of anilines is 1. The Kier molecular flexibility index (Phi) is 3.85. The number of ether oxygens (including phenoxy) is 1. The van der Waals surface area contributed by atoms with Crippen molar-refractivity contribution < 1.29 is 23.9 Å². The number of carbonyl (C=O) groups excluding carboxylic acids is 4. The van der Waals surface area contributed by atoms with Crippen molar-refractivity contribution in [2.24, 2.45) is 11.8 Å². The fraction of sp³-hybridized carbons (Fsp3) is 0.154. The lowest BCUT2D eigenvalue weighted by Crippen LogP contribution is -2.51. The summed E-state index contributed by atoms with van der Waals surface area (Å²) in [6, 6.07) is 24.0. The van der Waals surface area contributed by atoms with Crippen LogP contribution in [0.15, 0.2) is 84.9 Å². The van der Waals surface area contributed by atoms with E-state index in [1.54, 1.807) is 78.9 Å². The van der Waals surface area contributed by atoms with Gasteiger partial charge in [-0.3, -0.25) is 19.2 Å². The van der Waals surface area contributed by atoms with E-state index in [2.05, 4.69) is 0 Å². The Balaban J connectivity index is 1.56. The molecule has 2 amide bonds. The van der Waals surface area contributed by atoms with Crippen molar-refractivity contribution in [3.63, 3.8) is 0 Å². The van der Waals surface area contributed by atoms with Gasteiger partial charge in [0, 0.05) is 11.1 Å². The lowest BCUT2D eigenvalue weighted by molar-refractivity contribution is -0.127. The van der Waals surface area contributed by atoms with Gasteiger partial charge >= 0.3 is 0 Å². The standard InChI is InChI=1S/C26H17NO5/c28-22-17-13-7-8-14-18(17)23(29)26(22)20-19(21(32-26)15-9-3-1-4-10-15)24(30)27(25(20)31)16-11-5-2-6-12-16/h1-14,19-21H/t19-,20+,21+/m0/s1. The molecule has 3 aliphatic rings. The molecule has 2 aliphatic heterocycles. The SMILES string of the molecule is O=C1[C@@H]2[C@@H](c3ccccc3)OC3(C(=O)c4ccccc4C3=O)[C@H]2C(=O)N1c1ccccc1. The first kappa shape index (κ1) is 18.8. The second-order valence-electron chi connectivity index (χ2n) is 8.24. The molecule has 0 bridgehead atoms. The molecule has 1 aliphatic carbocycles. The predicted molar refractivity (Wildman–Crippen MR) is 114 cm³/mol. The smallest absolute Gasteiger partial charge is 0.241 e. The lowest BCUT2D eigenvalue weighted by atomic mass is 9.77. The topological polar surface area (TPSA) is 80.8 Å². The molecular formula is C26H17NO5. The molecule has 3 aromatic rings. The minimum absolute atomic E-state index is 0.225. The second-order valence-corrected chi connectivity index (χ2v) is 8.24. The molecule has 3 aromatic carbocycles. The van der Waals surface area contributed by atoms with E-state index in [0.717, 1.165) is 4.90 Å². The normalized spacial score (nSPS) is 25.5. The molecule has 2 heterocycles. The zero-order valence-corrected chi connectivity index (χ0v) is 16.8. The third-order valence-corrected chi connectivity index (χ3v) is 6.66. The number of amides is 2. The predicted octanol–water partition coefficient (Wildman–Crippen LogP) is 3.38. The van der Waals surface area contributed by atoms with E-state index in [1.807, 2.05) is 6.07 Å². The number of hydrogen-bond acceptors (Lipinski definition) is 5. The number of ketones is 2. The van der Waals surface area contributed by atoms with E-state index in [4.69, 9.17) is 4.74 Å². The fourth-order valence-corrected chi connectivity index (χ4v) is 5.29. The number of imide groups is 1. The van der Waals surface area contributed by atoms with Crippen molar-refractivity contribution >= 4 is 29.1 Å². The van der Waals surface area contributed by atoms with Crippen LogP contribution in [0.25, 0.3) is 0 Å². The molecule has 6 heteroatoms. The molecule has 0 N–H and O–H groups in total. The highest BCUT2D eigenvalue weighted by molar-refractivity contribution is 6.37. The molecule has 3 atom stereocenters. The molecule has 2 saturated heterocycles. The number of benzene rings is 3. The highest BCUT2D eigenvalue weighted by atomic mass is 16.5. The summed E-state index contributed by atoms with van der Waals surface area (Å²) >= 11 is 0. The molecule has 1 spiro atoms. The van der Waals surface area contributed by atoms with Crippen LogP contribution in [0, 0.1) is 11.8 Å². The molecule has 0 aromatic heterocycles. The Morgan fingerprint density at radius 2 is 1.19 bits per heavy atom. The van der Waals surface area contributed by atoms with Crippen LogP contribution >= 0.6 is 0 Å². The molecule has 156 valence electrons. The Bertz CT molecular complexity index is 1270. The highest BCUT2D eigenvalue weighted by Crippen LogP contribution is 2.57. The van der Waals surface area contributed by atoms with E-state index in [1.165, 1.54) is 0 Å². The van der Waals surface area contributed by atoms with E-state index in [0.29, 0.717) is 11.3 Å². The molecule has 2 fully saturated rings. The summed E-state index contributed by atoms with van der Waals surface area (Å²) < 4.78 is 6.23. The second kappa shape index (κ2) is 6.55. The quantitative estimate of drug-likeness (QED) is 0.466. The largest absolute Gasteiger partial charge is 0.349 e. The van der Waals surface area contributed by atoms with Gasteiger partial charge < -0.3 is 4.74 Å². The average molecular weight is 423 g/mol. The Labute approximate surface area is 183 Å². The maximum atomic E-state index is 13.7. The van der Waals surface area contributed by atoms with Gasteiger partial charge in [0.2, 0.25) is 29.0 Å². The van der Waals surface area contributed by atoms with Crippen LogP contribution in [-0.2, 0) is 14.3 Å². The van der Waals surface area contributed by atoms with Gasteiger partial charge in [-0.1, -0.05) is 72.8 Å². The summed E-state index contributed by atoms with van der Waals surface area (Å²) in [5.41, 5.74) is -0.529. The van der Waals surface area contributed by atoms with Crippen molar-refractivity contribution in [3.05, 3.63) is 102 Å².